The molecule has 8 heteroatoms. The largest absolute Gasteiger partial charge is 0.496 e. The molecule has 0 saturated heterocycles. The lowest BCUT2D eigenvalue weighted by atomic mass is 9.95. The summed E-state index contributed by atoms with van der Waals surface area (Å²) < 4.78 is 5.54. The van der Waals surface area contributed by atoms with E-state index in [1.165, 1.54) is 22.4 Å². The molecule has 4 rings (SSSR count). The molecule has 1 aliphatic carbocycles. The zero-order valence-electron chi connectivity index (χ0n) is 19.8. The monoisotopic (exact) mass is 478 g/mol. The summed E-state index contributed by atoms with van der Waals surface area (Å²) in [4.78, 5) is 33.6. The number of likely N-dealkylation sites (N-methyl/N-ethyl adjacent to an activating group) is 1. The third-order valence-corrected chi connectivity index (χ3v) is 7.33. The van der Waals surface area contributed by atoms with Crippen LogP contribution in [0.15, 0.2) is 48.8 Å². The SMILES string of the molecule is COc1ccccc1C(CNC(=O)c1c(NC(=O)c2cccnc2)sc2c1CCCC2)N(C)C. The summed E-state index contributed by atoms with van der Waals surface area (Å²) in [7, 11) is 5.61. The maximum Gasteiger partial charge on any atom is 0.257 e. The molecule has 1 aromatic carbocycles. The topological polar surface area (TPSA) is 83.6 Å². The van der Waals surface area contributed by atoms with Crippen molar-refractivity contribution in [2.75, 3.05) is 33.1 Å². The Morgan fingerprint density at radius 2 is 1.91 bits per heavy atom. The van der Waals surface area contributed by atoms with E-state index in [2.05, 4.69) is 20.5 Å². The number of anilines is 1. The number of thiophene rings is 1. The molecule has 0 saturated carbocycles. The molecule has 0 radical (unpaired) electrons. The van der Waals surface area contributed by atoms with Gasteiger partial charge in [-0.25, -0.2) is 0 Å². The van der Waals surface area contributed by atoms with Crippen LogP contribution in [0.3, 0.4) is 0 Å². The van der Waals surface area contributed by atoms with Crippen LogP contribution in [0.4, 0.5) is 5.00 Å². The van der Waals surface area contributed by atoms with Crippen LogP contribution in [-0.4, -0.2) is 49.4 Å². The predicted molar refractivity (Wildman–Crippen MR) is 135 cm³/mol. The van der Waals surface area contributed by atoms with Crippen LogP contribution in [0.25, 0.3) is 0 Å². The van der Waals surface area contributed by atoms with E-state index >= 15 is 0 Å². The van der Waals surface area contributed by atoms with Crippen molar-refractivity contribution in [3.05, 3.63) is 75.9 Å². The predicted octanol–water partition coefficient (Wildman–Crippen LogP) is 4.32. The summed E-state index contributed by atoms with van der Waals surface area (Å²) >= 11 is 1.51. The second-order valence-corrected chi connectivity index (χ2v) is 9.65. The molecule has 2 heterocycles. The number of hydrogen-bond donors (Lipinski definition) is 2. The molecule has 3 aromatic rings. The highest BCUT2D eigenvalue weighted by Gasteiger charge is 2.28. The number of hydrogen-bond acceptors (Lipinski definition) is 6. The first kappa shape index (κ1) is 23.9. The Labute approximate surface area is 204 Å². The van der Waals surface area contributed by atoms with Gasteiger partial charge in [0, 0.05) is 29.4 Å². The molecule has 1 aliphatic rings. The Morgan fingerprint density at radius 3 is 2.65 bits per heavy atom. The summed E-state index contributed by atoms with van der Waals surface area (Å²) in [5.41, 5.74) is 3.13. The van der Waals surface area contributed by atoms with Crippen molar-refractivity contribution in [2.45, 2.75) is 31.7 Å². The number of aromatic nitrogens is 1. The van der Waals surface area contributed by atoms with E-state index in [0.717, 1.165) is 42.6 Å². The van der Waals surface area contributed by atoms with Gasteiger partial charge in [0.1, 0.15) is 10.8 Å². The standard InChI is InChI=1S/C26H30N4O3S/c1-30(2)20(18-10-4-6-12-21(18)33-3)16-28-25(32)23-19-11-5-7-13-22(19)34-26(23)29-24(31)17-9-8-14-27-15-17/h4,6,8-10,12,14-15,20H,5,7,11,13,16H2,1-3H3,(H,28,32)(H,29,31). The van der Waals surface area contributed by atoms with E-state index in [1.807, 2.05) is 38.4 Å². The van der Waals surface area contributed by atoms with Crippen LogP contribution in [-0.2, 0) is 12.8 Å². The first-order valence-electron chi connectivity index (χ1n) is 11.4. The Hall–Kier alpha value is -3.23. The van der Waals surface area contributed by atoms with Gasteiger partial charge < -0.3 is 20.3 Å². The second-order valence-electron chi connectivity index (χ2n) is 8.54. The van der Waals surface area contributed by atoms with Gasteiger partial charge in [0.2, 0.25) is 0 Å². The van der Waals surface area contributed by atoms with Crippen molar-refractivity contribution in [2.24, 2.45) is 0 Å². The third-order valence-electron chi connectivity index (χ3n) is 6.13. The molecular weight excluding hydrogens is 448 g/mol. The Kier molecular flexibility index (Phi) is 7.59. The minimum Gasteiger partial charge on any atom is -0.496 e. The average Bonchev–Trinajstić information content (AvgIpc) is 3.22. The van der Waals surface area contributed by atoms with Crippen LogP contribution >= 0.6 is 11.3 Å². The Balaban J connectivity index is 1.58. The number of benzene rings is 1. The summed E-state index contributed by atoms with van der Waals surface area (Å²) in [5.74, 6) is 0.358. The van der Waals surface area contributed by atoms with Crippen LogP contribution in [0.5, 0.6) is 5.75 Å². The lowest BCUT2D eigenvalue weighted by molar-refractivity contribution is 0.0941. The van der Waals surface area contributed by atoms with E-state index in [0.29, 0.717) is 22.7 Å². The molecule has 1 atom stereocenters. The molecule has 34 heavy (non-hydrogen) atoms. The van der Waals surface area contributed by atoms with Gasteiger partial charge in [-0.3, -0.25) is 14.6 Å². The zero-order chi connectivity index (χ0) is 24.1. The highest BCUT2D eigenvalue weighted by atomic mass is 32.1. The number of rotatable bonds is 8. The molecule has 2 N–H and O–H groups in total. The number of carbonyl (C=O) groups is 2. The summed E-state index contributed by atoms with van der Waals surface area (Å²) in [6, 6.07) is 11.2. The number of aryl methyl sites for hydroxylation is 1. The lowest BCUT2D eigenvalue weighted by Crippen LogP contribution is -2.35. The van der Waals surface area contributed by atoms with Crippen molar-refractivity contribution in [1.82, 2.24) is 15.2 Å². The molecule has 2 amide bonds. The van der Waals surface area contributed by atoms with Gasteiger partial charge in [-0.1, -0.05) is 18.2 Å². The zero-order valence-corrected chi connectivity index (χ0v) is 20.6. The van der Waals surface area contributed by atoms with Crippen molar-refractivity contribution in [3.63, 3.8) is 0 Å². The second kappa shape index (κ2) is 10.8. The van der Waals surface area contributed by atoms with E-state index < -0.39 is 0 Å². The molecule has 0 spiro atoms. The number of pyridine rings is 1. The van der Waals surface area contributed by atoms with Crippen LogP contribution in [0.1, 0.15) is 55.6 Å². The first-order valence-corrected chi connectivity index (χ1v) is 12.2. The number of nitrogens with zero attached hydrogens (tertiary/aromatic N) is 2. The highest BCUT2D eigenvalue weighted by molar-refractivity contribution is 7.17. The number of nitrogens with one attached hydrogen (secondary N) is 2. The maximum absolute atomic E-state index is 13.5. The molecule has 2 aromatic heterocycles. The number of methoxy groups -OCH3 is 1. The molecule has 0 fully saturated rings. The van der Waals surface area contributed by atoms with Crippen molar-refractivity contribution in [1.29, 1.82) is 0 Å². The van der Waals surface area contributed by atoms with Crippen LogP contribution < -0.4 is 15.4 Å². The average molecular weight is 479 g/mol. The highest BCUT2D eigenvalue weighted by Crippen LogP contribution is 2.38. The Bertz CT molecular complexity index is 1160. The molecule has 0 aliphatic heterocycles. The molecule has 1 unspecified atom stereocenters. The Morgan fingerprint density at radius 1 is 1.12 bits per heavy atom. The minimum absolute atomic E-state index is 0.0667. The first-order chi connectivity index (χ1) is 16.5. The number of carbonyl (C=O) groups excluding carboxylic acids is 2. The van der Waals surface area contributed by atoms with E-state index in [1.54, 1.807) is 25.4 Å². The van der Waals surface area contributed by atoms with Gasteiger partial charge in [0.25, 0.3) is 11.8 Å². The van der Waals surface area contributed by atoms with Gasteiger partial charge in [0.05, 0.1) is 24.3 Å². The van der Waals surface area contributed by atoms with E-state index in [-0.39, 0.29) is 17.9 Å². The fourth-order valence-electron chi connectivity index (χ4n) is 4.36. The fourth-order valence-corrected chi connectivity index (χ4v) is 5.64. The fraction of sp³-hybridized carbons (Fsp3) is 0.346. The van der Waals surface area contributed by atoms with Gasteiger partial charge in [-0.05, 0) is 63.5 Å². The van der Waals surface area contributed by atoms with Crippen LogP contribution in [0, 0.1) is 0 Å². The van der Waals surface area contributed by atoms with Gasteiger partial charge in [-0.15, -0.1) is 11.3 Å². The molecule has 178 valence electrons. The maximum atomic E-state index is 13.5. The number of amides is 2. The normalized spacial score (nSPS) is 13.8. The minimum atomic E-state index is -0.263. The number of ether oxygens (including phenoxy) is 1. The summed E-state index contributed by atoms with van der Waals surface area (Å²) in [5, 5.41) is 6.71. The number of fused-ring (bicyclic) bond motifs is 1. The van der Waals surface area contributed by atoms with Gasteiger partial charge in [-0.2, -0.15) is 0 Å². The van der Waals surface area contributed by atoms with Crippen molar-refractivity contribution in [3.8, 4) is 5.75 Å². The lowest BCUT2D eigenvalue weighted by Gasteiger charge is -2.26. The third kappa shape index (κ3) is 5.13. The summed E-state index contributed by atoms with van der Waals surface area (Å²) in [6.45, 7) is 0.410. The molecule has 0 bridgehead atoms. The van der Waals surface area contributed by atoms with E-state index in [4.69, 9.17) is 4.74 Å². The van der Waals surface area contributed by atoms with Gasteiger partial charge in [0.15, 0.2) is 0 Å². The number of para-hydroxylation sites is 1. The smallest absolute Gasteiger partial charge is 0.257 e. The molecular formula is C26H30N4O3S. The van der Waals surface area contributed by atoms with Crippen molar-refractivity contribution < 1.29 is 14.3 Å². The quantitative estimate of drug-likeness (QED) is 0.504. The van der Waals surface area contributed by atoms with Gasteiger partial charge >= 0.3 is 0 Å². The summed E-state index contributed by atoms with van der Waals surface area (Å²) in [6.07, 6.45) is 7.08. The van der Waals surface area contributed by atoms with Crippen LogP contribution in [0.2, 0.25) is 0 Å². The molecule has 7 nitrogen and oxygen atoms in total. The van der Waals surface area contributed by atoms with E-state index in [9.17, 15) is 9.59 Å². The van der Waals surface area contributed by atoms with Crippen molar-refractivity contribution >= 4 is 28.2 Å².